The summed E-state index contributed by atoms with van der Waals surface area (Å²) in [7, 11) is 0. The number of carbonyl (C=O) groups is 1. The number of hydrogen-bond acceptors (Lipinski definition) is 8. The Hall–Kier alpha value is -3.27. The number of rotatable bonds is 8. The summed E-state index contributed by atoms with van der Waals surface area (Å²) in [6.07, 6.45) is 5.98. The highest BCUT2D eigenvalue weighted by molar-refractivity contribution is 5.86. The smallest absolute Gasteiger partial charge is 0.222 e. The maximum absolute atomic E-state index is 11.8. The second-order valence-electron chi connectivity index (χ2n) is 9.06. The van der Waals surface area contributed by atoms with Gasteiger partial charge in [-0.3, -0.25) is 4.79 Å². The lowest BCUT2D eigenvalue weighted by molar-refractivity contribution is -0.127. The van der Waals surface area contributed by atoms with E-state index < -0.39 is 0 Å². The van der Waals surface area contributed by atoms with E-state index in [2.05, 4.69) is 50.7 Å². The highest BCUT2D eigenvalue weighted by Gasteiger charge is 2.21. The fourth-order valence-corrected chi connectivity index (χ4v) is 4.65. The second kappa shape index (κ2) is 9.92. The van der Waals surface area contributed by atoms with Crippen molar-refractivity contribution in [3.8, 4) is 11.4 Å². The van der Waals surface area contributed by atoms with Gasteiger partial charge in [0.1, 0.15) is 18.0 Å². The monoisotopic (exact) mass is 464 g/mol. The number of likely N-dealkylation sites (tertiary alicyclic amines) is 1. The maximum Gasteiger partial charge on any atom is 0.222 e. The number of fused-ring (bicyclic) bond motifs is 1. The first-order valence-electron chi connectivity index (χ1n) is 12.2. The Balaban J connectivity index is 1.36. The van der Waals surface area contributed by atoms with Crippen molar-refractivity contribution >= 4 is 28.7 Å². The molecule has 0 aliphatic carbocycles. The van der Waals surface area contributed by atoms with Crippen molar-refractivity contribution < 1.29 is 9.53 Å². The summed E-state index contributed by atoms with van der Waals surface area (Å²) < 4.78 is 7.58. The van der Waals surface area contributed by atoms with Crippen LogP contribution in [0.2, 0.25) is 0 Å². The van der Waals surface area contributed by atoms with Crippen molar-refractivity contribution in [3.63, 3.8) is 0 Å². The molecule has 3 aromatic heterocycles. The first-order chi connectivity index (χ1) is 16.6. The molecular weight excluding hydrogens is 432 g/mol. The van der Waals surface area contributed by atoms with Gasteiger partial charge in [0.15, 0.2) is 17.0 Å². The highest BCUT2D eigenvalue weighted by Crippen LogP contribution is 2.30. The van der Waals surface area contributed by atoms with Crippen LogP contribution in [0.5, 0.6) is 0 Å². The van der Waals surface area contributed by atoms with E-state index in [1.54, 1.807) is 6.33 Å². The van der Waals surface area contributed by atoms with E-state index in [0.29, 0.717) is 6.42 Å². The number of ether oxygens (including phenoxy) is 1. The standard InChI is InChI=1S/C24H32N8O2/c1-17(2)32-23(18-6-7-19(26-15-18)30-11-13-34-14-12-30)29-21-22(27-16-28-24(21)32)25-8-4-10-31-9-3-5-20(31)33/h6-7,15-17H,3-5,8-14H2,1-2H3,(H,25,27,28). The molecule has 0 saturated carbocycles. The number of pyridine rings is 1. The van der Waals surface area contributed by atoms with Gasteiger partial charge in [-0.1, -0.05) is 0 Å². The predicted molar refractivity (Wildman–Crippen MR) is 131 cm³/mol. The summed E-state index contributed by atoms with van der Waals surface area (Å²) in [4.78, 5) is 34.7. The van der Waals surface area contributed by atoms with Gasteiger partial charge in [-0.25, -0.2) is 19.9 Å². The molecule has 2 fully saturated rings. The number of nitrogens with zero attached hydrogens (tertiary/aromatic N) is 7. The van der Waals surface area contributed by atoms with Crippen LogP contribution in [-0.2, 0) is 9.53 Å². The van der Waals surface area contributed by atoms with E-state index in [1.165, 1.54) is 0 Å². The van der Waals surface area contributed by atoms with Crippen molar-refractivity contribution in [1.29, 1.82) is 0 Å². The van der Waals surface area contributed by atoms with Crippen LogP contribution in [-0.4, -0.2) is 81.2 Å². The van der Waals surface area contributed by atoms with Crippen LogP contribution in [0.3, 0.4) is 0 Å². The Morgan fingerprint density at radius 2 is 1.97 bits per heavy atom. The van der Waals surface area contributed by atoms with Crippen LogP contribution in [0.1, 0.15) is 39.2 Å². The third kappa shape index (κ3) is 4.54. The molecule has 10 nitrogen and oxygen atoms in total. The molecule has 1 amide bonds. The molecule has 1 N–H and O–H groups in total. The van der Waals surface area contributed by atoms with Gasteiger partial charge in [-0.2, -0.15) is 0 Å². The SMILES string of the molecule is CC(C)n1c(-c2ccc(N3CCOCC3)nc2)nc2c(NCCCN3CCCC3=O)ncnc21. The van der Waals surface area contributed by atoms with Gasteiger partial charge in [0, 0.05) is 56.9 Å². The summed E-state index contributed by atoms with van der Waals surface area (Å²) in [6, 6.07) is 4.29. The molecule has 10 heteroatoms. The van der Waals surface area contributed by atoms with E-state index in [9.17, 15) is 4.79 Å². The molecule has 0 atom stereocenters. The van der Waals surface area contributed by atoms with Crippen LogP contribution in [0.15, 0.2) is 24.7 Å². The van der Waals surface area contributed by atoms with Crippen LogP contribution < -0.4 is 10.2 Å². The van der Waals surface area contributed by atoms with E-state index in [-0.39, 0.29) is 11.9 Å². The zero-order valence-corrected chi connectivity index (χ0v) is 19.9. The number of anilines is 2. The zero-order chi connectivity index (χ0) is 23.5. The molecule has 2 aliphatic rings. The van der Waals surface area contributed by atoms with Crippen molar-refractivity contribution in [2.45, 2.75) is 39.2 Å². The lowest BCUT2D eigenvalue weighted by Gasteiger charge is -2.27. The molecule has 34 heavy (non-hydrogen) atoms. The van der Waals surface area contributed by atoms with Crippen molar-refractivity contribution in [2.24, 2.45) is 0 Å². The second-order valence-corrected chi connectivity index (χ2v) is 9.06. The van der Waals surface area contributed by atoms with Crippen LogP contribution in [0.4, 0.5) is 11.6 Å². The lowest BCUT2D eigenvalue weighted by atomic mass is 10.2. The fraction of sp³-hybridized carbons (Fsp3) is 0.542. The van der Waals surface area contributed by atoms with E-state index in [1.807, 2.05) is 11.1 Å². The highest BCUT2D eigenvalue weighted by atomic mass is 16.5. The fourth-order valence-electron chi connectivity index (χ4n) is 4.65. The number of imidazole rings is 1. The molecule has 0 unspecified atom stereocenters. The summed E-state index contributed by atoms with van der Waals surface area (Å²) in [5.41, 5.74) is 2.50. The molecule has 3 aromatic rings. The van der Waals surface area contributed by atoms with Gasteiger partial charge < -0.3 is 24.4 Å². The molecule has 0 bridgehead atoms. The average Bonchev–Trinajstić information content (AvgIpc) is 3.46. The largest absolute Gasteiger partial charge is 0.378 e. The normalized spacial score (nSPS) is 16.7. The van der Waals surface area contributed by atoms with Gasteiger partial charge in [0.2, 0.25) is 5.91 Å². The molecule has 5 heterocycles. The third-order valence-electron chi connectivity index (χ3n) is 6.40. The number of amides is 1. The van der Waals surface area contributed by atoms with E-state index >= 15 is 0 Å². The Morgan fingerprint density at radius 3 is 2.68 bits per heavy atom. The first kappa shape index (κ1) is 22.5. The molecule has 0 spiro atoms. The molecule has 180 valence electrons. The summed E-state index contributed by atoms with van der Waals surface area (Å²) >= 11 is 0. The number of carbonyl (C=O) groups excluding carboxylic acids is 1. The number of nitrogens with one attached hydrogen (secondary N) is 1. The molecule has 2 saturated heterocycles. The van der Waals surface area contributed by atoms with Gasteiger partial charge in [0.25, 0.3) is 0 Å². The van der Waals surface area contributed by atoms with Crippen LogP contribution in [0, 0.1) is 0 Å². The lowest BCUT2D eigenvalue weighted by Crippen LogP contribution is -2.36. The van der Waals surface area contributed by atoms with Gasteiger partial charge >= 0.3 is 0 Å². The third-order valence-corrected chi connectivity index (χ3v) is 6.40. The molecular formula is C24H32N8O2. The quantitative estimate of drug-likeness (QED) is 0.508. The van der Waals surface area contributed by atoms with Crippen molar-refractivity contribution in [3.05, 3.63) is 24.7 Å². The Kier molecular flexibility index (Phi) is 6.57. The van der Waals surface area contributed by atoms with Crippen molar-refractivity contribution in [1.82, 2.24) is 29.4 Å². The topological polar surface area (TPSA) is 101 Å². The van der Waals surface area contributed by atoms with Gasteiger partial charge in [0.05, 0.1) is 13.2 Å². The van der Waals surface area contributed by atoms with Crippen LogP contribution in [0.25, 0.3) is 22.6 Å². The van der Waals surface area contributed by atoms with Crippen molar-refractivity contribution in [2.75, 3.05) is 56.2 Å². The van der Waals surface area contributed by atoms with Gasteiger partial charge in [-0.15, -0.1) is 0 Å². The number of morpholine rings is 1. The summed E-state index contributed by atoms with van der Waals surface area (Å²) in [5, 5.41) is 3.41. The minimum Gasteiger partial charge on any atom is -0.378 e. The Labute approximate surface area is 199 Å². The number of aromatic nitrogens is 5. The minimum absolute atomic E-state index is 0.169. The molecule has 0 aromatic carbocycles. The molecule has 5 rings (SSSR count). The summed E-state index contributed by atoms with van der Waals surface area (Å²) in [6.45, 7) is 9.79. The van der Waals surface area contributed by atoms with E-state index in [4.69, 9.17) is 14.7 Å². The molecule has 2 aliphatic heterocycles. The average molecular weight is 465 g/mol. The number of hydrogen-bond donors (Lipinski definition) is 1. The summed E-state index contributed by atoms with van der Waals surface area (Å²) in [5.74, 6) is 2.77. The minimum atomic E-state index is 0.169. The maximum atomic E-state index is 11.8. The predicted octanol–water partition coefficient (Wildman–Crippen LogP) is 2.73. The molecule has 0 radical (unpaired) electrons. The first-order valence-corrected chi connectivity index (χ1v) is 12.2. The van der Waals surface area contributed by atoms with Crippen LogP contribution >= 0.6 is 0 Å². The van der Waals surface area contributed by atoms with E-state index in [0.717, 1.165) is 93.0 Å². The Morgan fingerprint density at radius 1 is 1.12 bits per heavy atom. The Bertz CT molecular complexity index is 1140. The van der Waals surface area contributed by atoms with Gasteiger partial charge in [-0.05, 0) is 38.8 Å². The zero-order valence-electron chi connectivity index (χ0n) is 19.9.